The third-order valence-electron chi connectivity index (χ3n) is 3.86. The summed E-state index contributed by atoms with van der Waals surface area (Å²) in [5.41, 5.74) is 7.35. The van der Waals surface area contributed by atoms with Gasteiger partial charge >= 0.3 is 0 Å². The average Bonchev–Trinajstić information content (AvgIpc) is 3.12. The molecule has 19 heavy (non-hydrogen) atoms. The maximum absolute atomic E-state index is 6.03. The Hall–Kier alpha value is -1.23. The Labute approximate surface area is 118 Å². The number of hydrogen-bond acceptors (Lipinski definition) is 4. The second-order valence-corrected chi connectivity index (χ2v) is 5.93. The highest BCUT2D eigenvalue weighted by Crippen LogP contribution is 2.38. The standard InChI is InChI=1S/C15H19N3S/c16-10-14(15-6-3-9-19-15)18-8-2-5-13(18)12-4-1-7-17-11-12/h1,3-4,6-7,9,11,13-14H,2,5,8,10,16H2. The van der Waals surface area contributed by atoms with Gasteiger partial charge in [0.15, 0.2) is 0 Å². The summed E-state index contributed by atoms with van der Waals surface area (Å²) in [6.07, 6.45) is 6.27. The van der Waals surface area contributed by atoms with Crippen molar-refractivity contribution in [3.8, 4) is 0 Å². The van der Waals surface area contributed by atoms with Gasteiger partial charge in [-0.15, -0.1) is 11.3 Å². The molecule has 2 N–H and O–H groups in total. The van der Waals surface area contributed by atoms with Gasteiger partial charge in [0.05, 0.1) is 6.04 Å². The molecule has 0 aromatic carbocycles. The number of nitrogens with zero attached hydrogens (tertiary/aromatic N) is 2. The van der Waals surface area contributed by atoms with Crippen molar-refractivity contribution in [2.24, 2.45) is 5.73 Å². The molecule has 2 atom stereocenters. The van der Waals surface area contributed by atoms with Crippen LogP contribution >= 0.6 is 11.3 Å². The lowest BCUT2D eigenvalue weighted by Gasteiger charge is -2.31. The summed E-state index contributed by atoms with van der Waals surface area (Å²) in [6.45, 7) is 1.80. The van der Waals surface area contributed by atoms with Crippen LogP contribution in [0, 0.1) is 0 Å². The van der Waals surface area contributed by atoms with Gasteiger partial charge in [0.2, 0.25) is 0 Å². The first kappa shape index (κ1) is 12.8. The molecule has 2 aromatic heterocycles. The van der Waals surface area contributed by atoms with Gasteiger partial charge in [0, 0.05) is 29.9 Å². The van der Waals surface area contributed by atoms with E-state index in [9.17, 15) is 0 Å². The number of rotatable bonds is 4. The molecule has 0 bridgehead atoms. The Morgan fingerprint density at radius 3 is 3.05 bits per heavy atom. The SMILES string of the molecule is NCC(c1cccs1)N1CCCC1c1cccnc1. The van der Waals surface area contributed by atoms with Gasteiger partial charge in [-0.2, -0.15) is 0 Å². The fourth-order valence-electron chi connectivity index (χ4n) is 2.99. The Bertz CT molecular complexity index is 497. The lowest BCUT2D eigenvalue weighted by atomic mass is 10.0. The van der Waals surface area contributed by atoms with E-state index in [1.165, 1.54) is 23.3 Å². The lowest BCUT2D eigenvalue weighted by molar-refractivity contribution is 0.188. The minimum atomic E-state index is 0.340. The van der Waals surface area contributed by atoms with Crippen LogP contribution in [-0.4, -0.2) is 23.0 Å². The molecule has 2 aromatic rings. The number of aromatic nitrogens is 1. The fourth-order valence-corrected chi connectivity index (χ4v) is 3.85. The Balaban J connectivity index is 1.86. The van der Waals surface area contributed by atoms with E-state index in [-0.39, 0.29) is 0 Å². The van der Waals surface area contributed by atoms with Crippen LogP contribution in [0.4, 0.5) is 0 Å². The molecule has 0 aliphatic carbocycles. The molecule has 1 fully saturated rings. The van der Waals surface area contributed by atoms with Crippen LogP contribution in [0.15, 0.2) is 42.0 Å². The maximum Gasteiger partial charge on any atom is 0.0569 e. The molecular formula is C15H19N3S. The van der Waals surface area contributed by atoms with Crippen LogP contribution in [0.2, 0.25) is 0 Å². The van der Waals surface area contributed by atoms with Crippen LogP contribution in [0.5, 0.6) is 0 Å². The molecule has 0 spiro atoms. The zero-order chi connectivity index (χ0) is 13.1. The summed E-state index contributed by atoms with van der Waals surface area (Å²) in [7, 11) is 0. The lowest BCUT2D eigenvalue weighted by Crippen LogP contribution is -2.33. The zero-order valence-electron chi connectivity index (χ0n) is 10.9. The molecule has 0 saturated carbocycles. The van der Waals surface area contributed by atoms with Crippen LogP contribution in [-0.2, 0) is 0 Å². The average molecular weight is 273 g/mol. The summed E-state index contributed by atoms with van der Waals surface area (Å²) in [6, 6.07) is 9.31. The van der Waals surface area contributed by atoms with Crippen molar-refractivity contribution >= 4 is 11.3 Å². The van der Waals surface area contributed by atoms with E-state index in [1.807, 2.05) is 18.5 Å². The first-order valence-electron chi connectivity index (χ1n) is 6.79. The second kappa shape index (κ2) is 5.82. The Kier molecular flexibility index (Phi) is 3.92. The van der Waals surface area contributed by atoms with E-state index >= 15 is 0 Å². The summed E-state index contributed by atoms with van der Waals surface area (Å²) in [5, 5.41) is 2.13. The summed E-state index contributed by atoms with van der Waals surface area (Å²) in [4.78, 5) is 8.17. The number of likely N-dealkylation sites (tertiary alicyclic amines) is 1. The first-order chi connectivity index (χ1) is 9.40. The molecule has 1 aliphatic heterocycles. The van der Waals surface area contributed by atoms with Gasteiger partial charge in [-0.05, 0) is 42.5 Å². The van der Waals surface area contributed by atoms with Gasteiger partial charge in [0.1, 0.15) is 0 Å². The van der Waals surface area contributed by atoms with E-state index in [0.717, 1.165) is 6.54 Å². The highest BCUT2D eigenvalue weighted by molar-refractivity contribution is 7.10. The van der Waals surface area contributed by atoms with Crippen molar-refractivity contribution in [1.82, 2.24) is 9.88 Å². The summed E-state index contributed by atoms with van der Waals surface area (Å²) in [5.74, 6) is 0. The molecule has 0 amide bonds. The summed E-state index contributed by atoms with van der Waals surface area (Å²) >= 11 is 1.80. The van der Waals surface area contributed by atoms with E-state index in [1.54, 1.807) is 11.3 Å². The maximum atomic E-state index is 6.03. The highest BCUT2D eigenvalue weighted by atomic mass is 32.1. The topological polar surface area (TPSA) is 42.1 Å². The van der Waals surface area contributed by atoms with Crippen molar-refractivity contribution in [2.45, 2.75) is 24.9 Å². The predicted octanol–water partition coefficient (Wildman–Crippen LogP) is 2.98. The number of pyridine rings is 1. The zero-order valence-corrected chi connectivity index (χ0v) is 11.7. The molecule has 3 nitrogen and oxygen atoms in total. The summed E-state index contributed by atoms with van der Waals surface area (Å²) < 4.78 is 0. The fraction of sp³-hybridized carbons (Fsp3) is 0.400. The van der Waals surface area contributed by atoms with Gasteiger partial charge in [0.25, 0.3) is 0 Å². The normalized spacial score (nSPS) is 21.6. The molecule has 3 heterocycles. The van der Waals surface area contributed by atoms with Gasteiger partial charge < -0.3 is 5.73 Å². The van der Waals surface area contributed by atoms with Crippen LogP contribution in [0.3, 0.4) is 0 Å². The molecule has 0 radical (unpaired) electrons. The molecule has 1 aliphatic rings. The van der Waals surface area contributed by atoms with Crippen molar-refractivity contribution in [3.63, 3.8) is 0 Å². The number of nitrogens with two attached hydrogens (primary N) is 1. The van der Waals surface area contributed by atoms with Crippen LogP contribution in [0.25, 0.3) is 0 Å². The largest absolute Gasteiger partial charge is 0.329 e. The monoisotopic (exact) mass is 273 g/mol. The quantitative estimate of drug-likeness (QED) is 0.931. The number of hydrogen-bond donors (Lipinski definition) is 1. The van der Waals surface area contributed by atoms with Crippen LogP contribution < -0.4 is 5.73 Å². The van der Waals surface area contributed by atoms with Crippen molar-refractivity contribution in [3.05, 3.63) is 52.5 Å². The smallest absolute Gasteiger partial charge is 0.0569 e. The molecule has 100 valence electrons. The third kappa shape index (κ3) is 2.56. The van der Waals surface area contributed by atoms with Gasteiger partial charge in [-0.25, -0.2) is 0 Å². The van der Waals surface area contributed by atoms with Gasteiger partial charge in [-0.1, -0.05) is 12.1 Å². The second-order valence-electron chi connectivity index (χ2n) is 4.95. The van der Waals surface area contributed by atoms with Crippen molar-refractivity contribution in [2.75, 3.05) is 13.1 Å². The highest BCUT2D eigenvalue weighted by Gasteiger charge is 2.32. The van der Waals surface area contributed by atoms with E-state index in [2.05, 4.69) is 33.5 Å². The first-order valence-corrected chi connectivity index (χ1v) is 7.67. The van der Waals surface area contributed by atoms with E-state index in [0.29, 0.717) is 18.6 Å². The Morgan fingerprint density at radius 1 is 1.42 bits per heavy atom. The number of thiophene rings is 1. The van der Waals surface area contributed by atoms with Gasteiger partial charge in [-0.3, -0.25) is 9.88 Å². The van der Waals surface area contributed by atoms with E-state index < -0.39 is 0 Å². The van der Waals surface area contributed by atoms with Crippen molar-refractivity contribution < 1.29 is 0 Å². The molecule has 1 saturated heterocycles. The van der Waals surface area contributed by atoms with E-state index in [4.69, 9.17) is 5.73 Å². The minimum absolute atomic E-state index is 0.340. The molecule has 2 unspecified atom stereocenters. The predicted molar refractivity (Wildman–Crippen MR) is 79.0 cm³/mol. The third-order valence-corrected chi connectivity index (χ3v) is 4.83. The van der Waals surface area contributed by atoms with Crippen LogP contribution in [0.1, 0.15) is 35.4 Å². The Morgan fingerprint density at radius 2 is 2.37 bits per heavy atom. The molecule has 4 heteroatoms. The molecule has 3 rings (SSSR count). The molecular weight excluding hydrogens is 254 g/mol. The van der Waals surface area contributed by atoms with Crippen molar-refractivity contribution in [1.29, 1.82) is 0 Å². The minimum Gasteiger partial charge on any atom is -0.329 e.